The summed E-state index contributed by atoms with van der Waals surface area (Å²) in [5, 5.41) is 18.9. The van der Waals surface area contributed by atoms with Crippen LogP contribution in [0.1, 0.15) is 18.4 Å². The average Bonchev–Trinajstić information content (AvgIpc) is 2.80. The number of carbonyl (C=O) groups excluding carboxylic acids is 1. The van der Waals surface area contributed by atoms with Crippen LogP contribution < -0.4 is 15.4 Å². The number of amides is 1. The molecule has 5 rings (SSSR count). The molecule has 0 atom stereocenters. The number of nitrogens with two attached hydrogens (primary N) is 1. The second-order valence-corrected chi connectivity index (χ2v) is 8.30. The summed E-state index contributed by atoms with van der Waals surface area (Å²) in [5.74, 6) is 0.0592. The lowest BCUT2D eigenvalue weighted by Gasteiger charge is -2.42. The van der Waals surface area contributed by atoms with Crippen molar-refractivity contribution in [3.05, 3.63) is 66.2 Å². The summed E-state index contributed by atoms with van der Waals surface area (Å²) in [6.07, 6.45) is 0.757. The second kappa shape index (κ2) is 7.75. The Kier molecular flexibility index (Phi) is 4.89. The van der Waals surface area contributed by atoms with Gasteiger partial charge in [0.05, 0.1) is 17.9 Å². The number of rotatable bonds is 4. The SMILES string of the molecule is N#CCN1C(=O)COc2nc(-c3ccc(C4(N)CC(O)C4)cc3)c(-c3ccccc3)cc21. The number of aliphatic hydroxyl groups is 1. The molecule has 2 aromatic carbocycles. The first-order chi connectivity index (χ1) is 15.5. The van der Waals surface area contributed by atoms with Gasteiger partial charge < -0.3 is 15.6 Å². The summed E-state index contributed by atoms with van der Waals surface area (Å²) >= 11 is 0. The average molecular weight is 426 g/mol. The van der Waals surface area contributed by atoms with Crippen molar-refractivity contribution in [2.24, 2.45) is 5.73 Å². The first kappa shape index (κ1) is 20.2. The third-order valence-corrected chi connectivity index (χ3v) is 6.14. The Bertz CT molecular complexity index is 1210. The molecule has 1 amide bonds. The van der Waals surface area contributed by atoms with Gasteiger partial charge in [-0.05, 0) is 30.0 Å². The van der Waals surface area contributed by atoms with E-state index in [1.54, 1.807) is 0 Å². The standard InChI is InChI=1S/C25H22N4O3/c26-10-11-29-21-12-20(16-4-2-1-3-5-16)23(28-24(21)32-15-22(29)31)17-6-8-18(9-7-17)25(27)13-19(30)14-25/h1-9,12,19,30H,11,13-15,27H2. The van der Waals surface area contributed by atoms with Gasteiger partial charge in [0.15, 0.2) is 6.61 Å². The van der Waals surface area contributed by atoms with Gasteiger partial charge in [0.1, 0.15) is 12.2 Å². The van der Waals surface area contributed by atoms with Crippen LogP contribution in [0.15, 0.2) is 60.7 Å². The Morgan fingerprint density at radius 2 is 1.88 bits per heavy atom. The summed E-state index contributed by atoms with van der Waals surface area (Å²) in [6.45, 7) is -0.216. The van der Waals surface area contributed by atoms with Crippen molar-refractivity contribution in [3.63, 3.8) is 0 Å². The zero-order chi connectivity index (χ0) is 22.3. The zero-order valence-electron chi connectivity index (χ0n) is 17.4. The maximum atomic E-state index is 12.3. The van der Waals surface area contributed by atoms with Crippen LogP contribution in [0.4, 0.5) is 5.69 Å². The number of fused-ring (bicyclic) bond motifs is 1. The number of carbonyl (C=O) groups is 1. The fraction of sp³-hybridized carbons (Fsp3) is 0.240. The predicted molar refractivity (Wildman–Crippen MR) is 120 cm³/mol. The minimum Gasteiger partial charge on any atom is -0.466 e. The first-order valence-corrected chi connectivity index (χ1v) is 10.5. The van der Waals surface area contributed by atoms with Gasteiger partial charge >= 0.3 is 0 Å². The van der Waals surface area contributed by atoms with Crippen LogP contribution in [0.25, 0.3) is 22.4 Å². The van der Waals surface area contributed by atoms with E-state index in [-0.39, 0.29) is 25.2 Å². The van der Waals surface area contributed by atoms with Crippen LogP contribution in [0.5, 0.6) is 5.88 Å². The largest absolute Gasteiger partial charge is 0.466 e. The van der Waals surface area contributed by atoms with Gasteiger partial charge in [-0.15, -0.1) is 0 Å². The molecule has 1 saturated carbocycles. The van der Waals surface area contributed by atoms with E-state index in [0.717, 1.165) is 22.3 Å². The molecule has 3 N–H and O–H groups in total. The topological polar surface area (TPSA) is 112 Å². The van der Waals surface area contributed by atoms with Crippen LogP contribution in [0.2, 0.25) is 0 Å². The van der Waals surface area contributed by atoms with Crippen molar-refractivity contribution < 1.29 is 14.6 Å². The molecule has 0 saturated heterocycles. The van der Waals surface area contributed by atoms with Crippen LogP contribution in [0.3, 0.4) is 0 Å². The molecule has 0 radical (unpaired) electrons. The lowest BCUT2D eigenvalue weighted by molar-refractivity contribution is -0.121. The highest BCUT2D eigenvalue weighted by atomic mass is 16.5. The minimum absolute atomic E-state index is 0.0659. The van der Waals surface area contributed by atoms with E-state index < -0.39 is 5.54 Å². The summed E-state index contributed by atoms with van der Waals surface area (Å²) < 4.78 is 5.62. The summed E-state index contributed by atoms with van der Waals surface area (Å²) in [5.41, 5.74) is 10.8. The molecule has 7 heteroatoms. The summed E-state index contributed by atoms with van der Waals surface area (Å²) in [4.78, 5) is 18.5. The van der Waals surface area contributed by atoms with E-state index in [1.807, 2.05) is 66.7 Å². The van der Waals surface area contributed by atoms with Gasteiger partial charge in [0.2, 0.25) is 5.88 Å². The maximum Gasteiger partial charge on any atom is 0.266 e. The van der Waals surface area contributed by atoms with Gasteiger partial charge in [0.25, 0.3) is 5.91 Å². The molecule has 1 aliphatic heterocycles. The Morgan fingerprint density at radius 3 is 2.53 bits per heavy atom. The van der Waals surface area contributed by atoms with Crippen molar-refractivity contribution in [2.75, 3.05) is 18.1 Å². The molecule has 1 fully saturated rings. The van der Waals surface area contributed by atoms with Crippen molar-refractivity contribution >= 4 is 11.6 Å². The number of ether oxygens (including phenoxy) is 1. The molecule has 160 valence electrons. The lowest BCUT2D eigenvalue weighted by Crippen LogP contribution is -2.51. The van der Waals surface area contributed by atoms with Crippen molar-refractivity contribution in [1.29, 1.82) is 5.26 Å². The highest BCUT2D eigenvalue weighted by Crippen LogP contribution is 2.42. The molecular weight excluding hydrogens is 404 g/mol. The van der Waals surface area contributed by atoms with Crippen molar-refractivity contribution in [2.45, 2.75) is 24.5 Å². The molecule has 0 bridgehead atoms. The van der Waals surface area contributed by atoms with Crippen molar-refractivity contribution in [3.8, 4) is 34.3 Å². The molecule has 32 heavy (non-hydrogen) atoms. The Labute approximate surface area is 185 Å². The molecule has 2 heterocycles. The van der Waals surface area contributed by atoms with Gasteiger partial charge in [-0.2, -0.15) is 5.26 Å². The van der Waals surface area contributed by atoms with Crippen molar-refractivity contribution in [1.82, 2.24) is 4.98 Å². The monoisotopic (exact) mass is 426 g/mol. The van der Waals surface area contributed by atoms with E-state index in [2.05, 4.69) is 0 Å². The predicted octanol–water partition coefficient (Wildman–Crippen LogP) is 2.97. The molecule has 0 spiro atoms. The van der Waals surface area contributed by atoms with Crippen LogP contribution in [-0.4, -0.2) is 35.3 Å². The molecule has 0 unspecified atom stereocenters. The third-order valence-electron chi connectivity index (χ3n) is 6.14. The van der Waals surface area contributed by atoms with E-state index in [0.29, 0.717) is 30.1 Å². The number of nitriles is 1. The fourth-order valence-electron chi connectivity index (χ4n) is 4.41. The number of hydrogen-bond donors (Lipinski definition) is 2. The van der Waals surface area contributed by atoms with Gasteiger partial charge in [0, 0.05) is 16.7 Å². The number of pyridine rings is 1. The number of anilines is 1. The Hall–Kier alpha value is -3.73. The zero-order valence-corrected chi connectivity index (χ0v) is 17.4. The molecular formula is C25H22N4O3. The summed E-state index contributed by atoms with van der Waals surface area (Å²) in [7, 11) is 0. The van der Waals surface area contributed by atoms with E-state index >= 15 is 0 Å². The third kappa shape index (κ3) is 3.40. The summed E-state index contributed by atoms with van der Waals surface area (Å²) in [6, 6.07) is 21.6. The van der Waals surface area contributed by atoms with Crippen LogP contribution in [-0.2, 0) is 10.3 Å². The number of aliphatic hydroxyl groups excluding tert-OH is 1. The molecule has 1 aliphatic carbocycles. The van der Waals surface area contributed by atoms with Gasteiger partial charge in [-0.25, -0.2) is 4.98 Å². The Morgan fingerprint density at radius 1 is 1.16 bits per heavy atom. The molecule has 1 aromatic heterocycles. The number of aromatic nitrogens is 1. The normalized spacial score (nSPS) is 21.8. The number of nitrogens with zero attached hydrogens (tertiary/aromatic N) is 3. The lowest BCUT2D eigenvalue weighted by atomic mass is 9.70. The van der Waals surface area contributed by atoms with Gasteiger partial charge in [-0.3, -0.25) is 9.69 Å². The molecule has 7 nitrogen and oxygen atoms in total. The Balaban J connectivity index is 1.62. The van der Waals surface area contributed by atoms with E-state index in [9.17, 15) is 15.2 Å². The highest BCUT2D eigenvalue weighted by molar-refractivity contribution is 5.99. The van der Waals surface area contributed by atoms with Crippen LogP contribution >= 0.6 is 0 Å². The molecule has 3 aromatic rings. The van der Waals surface area contributed by atoms with E-state index in [4.69, 9.17) is 15.5 Å². The number of hydrogen-bond acceptors (Lipinski definition) is 6. The van der Waals surface area contributed by atoms with E-state index in [1.165, 1.54) is 4.90 Å². The second-order valence-electron chi connectivity index (χ2n) is 8.30. The number of benzene rings is 2. The fourth-order valence-corrected chi connectivity index (χ4v) is 4.41. The highest BCUT2D eigenvalue weighted by Gasteiger charge is 2.41. The minimum atomic E-state index is -0.495. The first-order valence-electron chi connectivity index (χ1n) is 10.5. The quantitative estimate of drug-likeness (QED) is 0.620. The van der Waals surface area contributed by atoms with Crippen LogP contribution in [0, 0.1) is 11.3 Å². The smallest absolute Gasteiger partial charge is 0.266 e. The molecule has 2 aliphatic rings. The van der Waals surface area contributed by atoms with Gasteiger partial charge in [-0.1, -0.05) is 54.6 Å². The maximum absolute atomic E-state index is 12.3.